The van der Waals surface area contributed by atoms with Crippen LogP contribution in [0.5, 0.6) is 0 Å². The number of rotatable bonds is 7. The second kappa shape index (κ2) is 8.84. The molecule has 1 saturated heterocycles. The Labute approximate surface area is 157 Å². The number of ether oxygens (including phenoxy) is 1. The van der Waals surface area contributed by atoms with E-state index >= 15 is 0 Å². The molecule has 0 atom stereocenters. The summed E-state index contributed by atoms with van der Waals surface area (Å²) in [5.74, 6) is 0. The van der Waals surface area contributed by atoms with Crippen molar-refractivity contribution in [3.63, 3.8) is 0 Å². The monoisotopic (exact) mass is 376 g/mol. The third-order valence-corrected chi connectivity index (χ3v) is 4.39. The van der Waals surface area contributed by atoms with E-state index in [0.717, 1.165) is 44.2 Å². The first-order valence-electron chi connectivity index (χ1n) is 8.47. The van der Waals surface area contributed by atoms with Crippen molar-refractivity contribution in [1.29, 1.82) is 0 Å². The minimum absolute atomic E-state index is 0.0589. The summed E-state index contributed by atoms with van der Waals surface area (Å²) in [5.41, 5.74) is 2.14. The van der Waals surface area contributed by atoms with E-state index in [9.17, 15) is 10.1 Å². The fraction of sp³-hybridized carbons (Fsp3) is 0.333. The molecule has 2 aromatic rings. The number of nitro groups is 1. The normalized spacial score (nSPS) is 14.8. The molecular formula is C18H21ClN4O3. The smallest absolute Gasteiger partial charge is 0.292 e. The highest BCUT2D eigenvalue weighted by atomic mass is 35.5. The van der Waals surface area contributed by atoms with E-state index in [2.05, 4.69) is 15.5 Å². The number of morpholine rings is 1. The summed E-state index contributed by atoms with van der Waals surface area (Å²) in [6.07, 6.45) is 0. The van der Waals surface area contributed by atoms with Gasteiger partial charge in [-0.1, -0.05) is 17.7 Å². The molecule has 138 valence electrons. The molecule has 1 aliphatic rings. The van der Waals surface area contributed by atoms with Crippen molar-refractivity contribution in [2.45, 2.75) is 0 Å². The highest BCUT2D eigenvalue weighted by Gasteiger charge is 2.15. The van der Waals surface area contributed by atoms with Crippen LogP contribution in [-0.2, 0) is 4.74 Å². The summed E-state index contributed by atoms with van der Waals surface area (Å²) in [4.78, 5) is 13.2. The minimum atomic E-state index is -0.375. The second-order valence-corrected chi connectivity index (χ2v) is 6.44. The molecule has 0 amide bonds. The van der Waals surface area contributed by atoms with Crippen LogP contribution >= 0.6 is 11.6 Å². The Morgan fingerprint density at radius 1 is 1.15 bits per heavy atom. The topological polar surface area (TPSA) is 79.7 Å². The molecule has 0 saturated carbocycles. The quantitative estimate of drug-likeness (QED) is 0.566. The van der Waals surface area contributed by atoms with Gasteiger partial charge in [-0.3, -0.25) is 15.0 Å². The largest absolute Gasteiger partial charge is 0.379 e. The number of halogens is 1. The van der Waals surface area contributed by atoms with Crippen LogP contribution in [0.3, 0.4) is 0 Å². The molecule has 0 radical (unpaired) electrons. The van der Waals surface area contributed by atoms with Crippen molar-refractivity contribution < 1.29 is 9.66 Å². The molecule has 7 nitrogen and oxygen atoms in total. The van der Waals surface area contributed by atoms with Gasteiger partial charge in [0, 0.05) is 48.6 Å². The van der Waals surface area contributed by atoms with Gasteiger partial charge in [0.25, 0.3) is 5.69 Å². The van der Waals surface area contributed by atoms with E-state index < -0.39 is 0 Å². The van der Waals surface area contributed by atoms with Crippen LogP contribution in [0, 0.1) is 10.1 Å². The highest BCUT2D eigenvalue weighted by Crippen LogP contribution is 2.29. The standard InChI is InChI=1S/C18H21ClN4O3/c19-14-2-1-3-15(12-14)21-16-4-5-18(23(24)25)17(13-16)20-6-7-22-8-10-26-11-9-22/h1-5,12-13,20-21H,6-11H2. The molecule has 1 aliphatic heterocycles. The predicted molar refractivity (Wildman–Crippen MR) is 104 cm³/mol. The van der Waals surface area contributed by atoms with Crippen LogP contribution in [-0.4, -0.2) is 49.2 Å². The van der Waals surface area contributed by atoms with Crippen LogP contribution in [0.1, 0.15) is 0 Å². The van der Waals surface area contributed by atoms with Gasteiger partial charge in [-0.2, -0.15) is 0 Å². The van der Waals surface area contributed by atoms with Gasteiger partial charge in [-0.25, -0.2) is 0 Å². The predicted octanol–water partition coefficient (Wildman–Crippen LogP) is 3.74. The molecule has 0 bridgehead atoms. The lowest BCUT2D eigenvalue weighted by Gasteiger charge is -2.26. The number of hydrogen-bond acceptors (Lipinski definition) is 6. The maximum atomic E-state index is 11.3. The SMILES string of the molecule is O=[N+]([O-])c1ccc(Nc2cccc(Cl)c2)cc1NCCN1CCOCC1. The van der Waals surface area contributed by atoms with E-state index in [-0.39, 0.29) is 10.6 Å². The van der Waals surface area contributed by atoms with Gasteiger partial charge < -0.3 is 15.4 Å². The molecule has 3 rings (SSSR count). The van der Waals surface area contributed by atoms with Crippen LogP contribution in [0.15, 0.2) is 42.5 Å². The molecule has 1 fully saturated rings. The number of nitro benzene ring substituents is 1. The average Bonchev–Trinajstić information content (AvgIpc) is 2.63. The Bertz CT molecular complexity index is 766. The van der Waals surface area contributed by atoms with Gasteiger partial charge in [0.15, 0.2) is 0 Å². The molecule has 26 heavy (non-hydrogen) atoms. The van der Waals surface area contributed by atoms with Gasteiger partial charge in [-0.05, 0) is 30.3 Å². The van der Waals surface area contributed by atoms with Gasteiger partial charge in [0.05, 0.1) is 18.1 Å². The Morgan fingerprint density at radius 2 is 1.92 bits per heavy atom. The fourth-order valence-corrected chi connectivity index (χ4v) is 3.01. The average molecular weight is 377 g/mol. The first-order valence-corrected chi connectivity index (χ1v) is 8.84. The summed E-state index contributed by atoms with van der Waals surface area (Å²) in [6, 6.07) is 12.3. The molecule has 2 N–H and O–H groups in total. The lowest BCUT2D eigenvalue weighted by atomic mass is 10.2. The third-order valence-electron chi connectivity index (χ3n) is 4.15. The Hall–Kier alpha value is -2.35. The van der Waals surface area contributed by atoms with Gasteiger partial charge in [0.2, 0.25) is 0 Å². The minimum Gasteiger partial charge on any atom is -0.379 e. The summed E-state index contributed by atoms with van der Waals surface area (Å²) >= 11 is 6.00. The molecule has 0 aromatic heterocycles. The lowest BCUT2D eigenvalue weighted by molar-refractivity contribution is -0.383. The van der Waals surface area contributed by atoms with Crippen molar-refractivity contribution in [3.05, 3.63) is 57.6 Å². The zero-order valence-electron chi connectivity index (χ0n) is 14.3. The number of nitrogens with zero attached hydrogens (tertiary/aromatic N) is 2. The Kier molecular flexibility index (Phi) is 6.27. The summed E-state index contributed by atoms with van der Waals surface area (Å²) in [7, 11) is 0. The summed E-state index contributed by atoms with van der Waals surface area (Å²) < 4.78 is 5.33. The van der Waals surface area contributed by atoms with Crippen LogP contribution < -0.4 is 10.6 Å². The highest BCUT2D eigenvalue weighted by molar-refractivity contribution is 6.30. The summed E-state index contributed by atoms with van der Waals surface area (Å²) in [5, 5.41) is 18.3. The molecule has 8 heteroatoms. The summed E-state index contributed by atoms with van der Waals surface area (Å²) in [6.45, 7) is 4.69. The zero-order chi connectivity index (χ0) is 18.4. The fourth-order valence-electron chi connectivity index (χ4n) is 2.82. The molecule has 0 aliphatic carbocycles. The molecule has 0 spiro atoms. The number of nitrogens with one attached hydrogen (secondary N) is 2. The van der Waals surface area contributed by atoms with Crippen molar-refractivity contribution in [2.24, 2.45) is 0 Å². The maximum Gasteiger partial charge on any atom is 0.292 e. The van der Waals surface area contributed by atoms with Crippen LogP contribution in [0.4, 0.5) is 22.7 Å². The first kappa shape index (κ1) is 18.4. The zero-order valence-corrected chi connectivity index (χ0v) is 15.0. The van der Waals surface area contributed by atoms with E-state index in [4.69, 9.17) is 16.3 Å². The van der Waals surface area contributed by atoms with Gasteiger partial charge >= 0.3 is 0 Å². The lowest BCUT2D eigenvalue weighted by Crippen LogP contribution is -2.39. The van der Waals surface area contributed by atoms with Crippen molar-refractivity contribution in [3.8, 4) is 0 Å². The Morgan fingerprint density at radius 3 is 2.65 bits per heavy atom. The first-order chi connectivity index (χ1) is 12.6. The van der Waals surface area contributed by atoms with E-state index in [1.165, 1.54) is 6.07 Å². The van der Waals surface area contributed by atoms with Gasteiger partial charge in [-0.15, -0.1) is 0 Å². The Balaban J connectivity index is 1.68. The number of benzene rings is 2. The molecule has 0 unspecified atom stereocenters. The molecule has 1 heterocycles. The second-order valence-electron chi connectivity index (χ2n) is 6.01. The van der Waals surface area contributed by atoms with Gasteiger partial charge in [0.1, 0.15) is 5.69 Å². The maximum absolute atomic E-state index is 11.3. The number of hydrogen-bond donors (Lipinski definition) is 2. The van der Waals surface area contributed by atoms with Crippen LogP contribution in [0.25, 0.3) is 0 Å². The van der Waals surface area contributed by atoms with Crippen molar-refractivity contribution in [1.82, 2.24) is 4.90 Å². The third kappa shape index (κ3) is 5.08. The van der Waals surface area contributed by atoms with Crippen molar-refractivity contribution >= 4 is 34.4 Å². The van der Waals surface area contributed by atoms with E-state index in [1.54, 1.807) is 24.3 Å². The van der Waals surface area contributed by atoms with E-state index in [0.29, 0.717) is 17.3 Å². The van der Waals surface area contributed by atoms with Crippen LogP contribution in [0.2, 0.25) is 5.02 Å². The van der Waals surface area contributed by atoms with Crippen molar-refractivity contribution in [2.75, 3.05) is 50.0 Å². The number of anilines is 3. The molecular weight excluding hydrogens is 356 g/mol. The van der Waals surface area contributed by atoms with E-state index in [1.807, 2.05) is 12.1 Å². The molecule has 2 aromatic carbocycles.